The number of hydrogen-bond acceptors (Lipinski definition) is 3. The number of aryl methyl sites for hydroxylation is 3. The highest BCUT2D eigenvalue weighted by Gasteiger charge is 2.33. The Hall–Kier alpha value is -1.98. The third-order valence-electron chi connectivity index (χ3n) is 6.78. The monoisotopic (exact) mass is 468 g/mol. The molecule has 0 saturated heterocycles. The molecule has 1 aromatic heterocycles. The third-order valence-corrected chi connectivity index (χ3v) is 7.40. The summed E-state index contributed by atoms with van der Waals surface area (Å²) in [7, 11) is 3.44. The standard InChI is InChI=1S/C25H29BrN2O2/c1-16-8-9-21-19(12-16)18-6-4-7-22-25(18)28(21)11-5-10-27(22)15-17-13-20(26)24(30-3)14-23(17)29-2/h8-9,12-14,22H,4-7,10-11,15H2,1-3H3. The van der Waals surface area contributed by atoms with E-state index in [1.807, 2.05) is 6.07 Å². The minimum atomic E-state index is 0.467. The first kappa shape index (κ1) is 20.0. The summed E-state index contributed by atoms with van der Waals surface area (Å²) < 4.78 is 14.8. The van der Waals surface area contributed by atoms with E-state index in [9.17, 15) is 0 Å². The van der Waals surface area contributed by atoms with Gasteiger partial charge in [-0.2, -0.15) is 0 Å². The van der Waals surface area contributed by atoms with Crippen LogP contribution < -0.4 is 9.47 Å². The van der Waals surface area contributed by atoms with Crippen LogP contribution in [0.25, 0.3) is 10.9 Å². The number of rotatable bonds is 4. The normalized spacial score (nSPS) is 18.9. The summed E-state index contributed by atoms with van der Waals surface area (Å²) in [4.78, 5) is 2.67. The van der Waals surface area contributed by atoms with E-state index in [1.165, 1.54) is 47.7 Å². The van der Waals surface area contributed by atoms with E-state index in [-0.39, 0.29) is 0 Å². The zero-order valence-electron chi connectivity index (χ0n) is 18.0. The van der Waals surface area contributed by atoms with Gasteiger partial charge in [0.25, 0.3) is 0 Å². The van der Waals surface area contributed by atoms with E-state index < -0.39 is 0 Å². The fourth-order valence-corrected chi connectivity index (χ4v) is 6.00. The highest BCUT2D eigenvalue weighted by molar-refractivity contribution is 9.10. The number of halogens is 1. The van der Waals surface area contributed by atoms with E-state index in [2.05, 4.69) is 56.6 Å². The molecule has 0 N–H and O–H groups in total. The summed E-state index contributed by atoms with van der Waals surface area (Å²) in [6, 6.07) is 11.6. The lowest BCUT2D eigenvalue weighted by molar-refractivity contribution is 0.171. The number of nitrogens with zero attached hydrogens (tertiary/aromatic N) is 2. The lowest BCUT2D eigenvalue weighted by Crippen LogP contribution is -2.31. The average molecular weight is 469 g/mol. The Bertz CT molecular complexity index is 1100. The molecular formula is C25H29BrN2O2. The van der Waals surface area contributed by atoms with Crippen LogP contribution in [0.1, 0.15) is 47.7 Å². The van der Waals surface area contributed by atoms with Gasteiger partial charge in [0.2, 0.25) is 0 Å². The van der Waals surface area contributed by atoms with Crippen molar-refractivity contribution in [2.24, 2.45) is 0 Å². The molecule has 0 amide bonds. The van der Waals surface area contributed by atoms with Crippen LogP contribution in [0.15, 0.2) is 34.8 Å². The second-order valence-electron chi connectivity index (χ2n) is 8.57. The lowest BCUT2D eigenvalue weighted by Gasteiger charge is -2.34. The summed E-state index contributed by atoms with van der Waals surface area (Å²) in [5.74, 6) is 1.70. The largest absolute Gasteiger partial charge is 0.496 e. The Kier molecular flexibility index (Phi) is 5.28. The minimum Gasteiger partial charge on any atom is -0.496 e. The number of fused-ring (bicyclic) bond motifs is 3. The minimum absolute atomic E-state index is 0.467. The molecule has 1 aliphatic carbocycles. The summed E-state index contributed by atoms with van der Waals surface area (Å²) in [6.45, 7) is 5.29. The number of aromatic nitrogens is 1. The van der Waals surface area contributed by atoms with Gasteiger partial charge in [-0.05, 0) is 72.3 Å². The van der Waals surface area contributed by atoms with E-state index in [1.54, 1.807) is 25.5 Å². The van der Waals surface area contributed by atoms with Gasteiger partial charge >= 0.3 is 0 Å². The molecule has 2 heterocycles. The van der Waals surface area contributed by atoms with Crippen molar-refractivity contribution in [3.63, 3.8) is 0 Å². The van der Waals surface area contributed by atoms with Crippen molar-refractivity contribution in [3.8, 4) is 11.5 Å². The number of methoxy groups -OCH3 is 2. The van der Waals surface area contributed by atoms with Crippen molar-refractivity contribution in [1.82, 2.24) is 9.47 Å². The Morgan fingerprint density at radius 3 is 2.67 bits per heavy atom. The molecule has 158 valence electrons. The zero-order valence-corrected chi connectivity index (χ0v) is 19.6. The highest BCUT2D eigenvalue weighted by atomic mass is 79.9. The van der Waals surface area contributed by atoms with Crippen LogP contribution in [-0.4, -0.2) is 30.2 Å². The fourth-order valence-electron chi connectivity index (χ4n) is 5.45. The maximum Gasteiger partial charge on any atom is 0.136 e. The number of hydrogen-bond donors (Lipinski definition) is 0. The molecule has 0 spiro atoms. The summed E-state index contributed by atoms with van der Waals surface area (Å²) >= 11 is 3.66. The first-order valence-corrected chi connectivity index (χ1v) is 11.7. The molecule has 30 heavy (non-hydrogen) atoms. The molecule has 1 aliphatic heterocycles. The van der Waals surface area contributed by atoms with Crippen molar-refractivity contribution < 1.29 is 9.47 Å². The first-order chi connectivity index (χ1) is 14.6. The molecule has 2 aliphatic rings. The molecule has 2 aromatic carbocycles. The molecular weight excluding hydrogens is 440 g/mol. The van der Waals surface area contributed by atoms with E-state index >= 15 is 0 Å². The Labute approximate surface area is 186 Å². The van der Waals surface area contributed by atoms with Gasteiger partial charge in [-0.1, -0.05) is 11.6 Å². The topological polar surface area (TPSA) is 26.6 Å². The summed E-state index contributed by atoms with van der Waals surface area (Å²) in [5, 5.41) is 1.47. The lowest BCUT2D eigenvalue weighted by atomic mass is 9.90. The fraction of sp³-hybridized carbons (Fsp3) is 0.440. The molecule has 0 bridgehead atoms. The Morgan fingerprint density at radius 1 is 1.03 bits per heavy atom. The summed E-state index contributed by atoms with van der Waals surface area (Å²) in [5.41, 5.74) is 7.12. The molecule has 1 atom stereocenters. The van der Waals surface area contributed by atoms with Crippen molar-refractivity contribution >= 4 is 26.8 Å². The third kappa shape index (κ3) is 3.23. The SMILES string of the molecule is COc1cc(OC)c(CN2CCCn3c4c(c5cc(C)ccc53)CCCC42)cc1Br. The first-order valence-electron chi connectivity index (χ1n) is 10.9. The van der Waals surface area contributed by atoms with Crippen LogP contribution in [0.4, 0.5) is 0 Å². The zero-order chi connectivity index (χ0) is 20.8. The molecule has 5 heteroatoms. The van der Waals surface area contributed by atoms with Gasteiger partial charge in [-0.25, -0.2) is 0 Å². The molecule has 4 nitrogen and oxygen atoms in total. The Morgan fingerprint density at radius 2 is 1.87 bits per heavy atom. The van der Waals surface area contributed by atoms with E-state index in [0.29, 0.717) is 6.04 Å². The second kappa shape index (κ2) is 7.93. The Balaban J connectivity index is 1.57. The molecule has 3 aromatic rings. The van der Waals surface area contributed by atoms with Gasteiger partial charge in [0.15, 0.2) is 0 Å². The second-order valence-corrected chi connectivity index (χ2v) is 9.42. The van der Waals surface area contributed by atoms with Gasteiger partial charge in [-0.15, -0.1) is 0 Å². The van der Waals surface area contributed by atoms with Crippen LogP contribution in [0.3, 0.4) is 0 Å². The number of ether oxygens (including phenoxy) is 2. The van der Waals surface area contributed by atoms with Crippen molar-refractivity contribution in [1.29, 1.82) is 0 Å². The molecule has 0 saturated carbocycles. The van der Waals surface area contributed by atoms with Crippen molar-refractivity contribution in [3.05, 3.63) is 57.2 Å². The average Bonchev–Trinajstić information content (AvgIpc) is 2.94. The van der Waals surface area contributed by atoms with E-state index in [4.69, 9.17) is 9.47 Å². The number of benzene rings is 2. The van der Waals surface area contributed by atoms with Crippen LogP contribution in [0.5, 0.6) is 11.5 Å². The smallest absolute Gasteiger partial charge is 0.136 e. The van der Waals surface area contributed by atoms with Crippen molar-refractivity contribution in [2.75, 3.05) is 20.8 Å². The van der Waals surface area contributed by atoms with Gasteiger partial charge in [0, 0.05) is 47.9 Å². The van der Waals surface area contributed by atoms with Crippen molar-refractivity contribution in [2.45, 2.75) is 51.7 Å². The van der Waals surface area contributed by atoms with Gasteiger partial charge < -0.3 is 14.0 Å². The predicted octanol–water partition coefficient (Wildman–Crippen LogP) is 6.01. The maximum atomic E-state index is 5.72. The van der Waals surface area contributed by atoms with Gasteiger partial charge in [0.05, 0.1) is 24.7 Å². The molecule has 0 fully saturated rings. The van der Waals surface area contributed by atoms with Gasteiger partial charge in [0.1, 0.15) is 11.5 Å². The molecule has 5 rings (SSSR count). The van der Waals surface area contributed by atoms with Crippen LogP contribution in [0.2, 0.25) is 0 Å². The van der Waals surface area contributed by atoms with Crippen LogP contribution >= 0.6 is 15.9 Å². The predicted molar refractivity (Wildman–Crippen MR) is 125 cm³/mol. The molecule has 1 unspecified atom stereocenters. The maximum absolute atomic E-state index is 5.72. The van der Waals surface area contributed by atoms with Crippen LogP contribution in [0, 0.1) is 6.92 Å². The molecule has 0 radical (unpaired) electrons. The quantitative estimate of drug-likeness (QED) is 0.468. The highest BCUT2D eigenvalue weighted by Crippen LogP contribution is 2.43. The van der Waals surface area contributed by atoms with E-state index in [0.717, 1.165) is 35.6 Å². The van der Waals surface area contributed by atoms with Gasteiger partial charge in [-0.3, -0.25) is 4.90 Å². The summed E-state index contributed by atoms with van der Waals surface area (Å²) in [6.07, 6.45) is 4.84. The van der Waals surface area contributed by atoms with Crippen LogP contribution in [-0.2, 0) is 19.5 Å².